The maximum Gasteiger partial charge on any atom is 0.265 e. The van der Waals surface area contributed by atoms with Gasteiger partial charge in [0.2, 0.25) is 0 Å². The molecule has 0 saturated heterocycles. The number of amides is 1. The second-order valence-electron chi connectivity index (χ2n) is 6.90. The van der Waals surface area contributed by atoms with E-state index < -0.39 is 6.10 Å². The summed E-state index contributed by atoms with van der Waals surface area (Å²) in [5.41, 5.74) is 5.36. The number of nitrogens with one attached hydrogen (secondary N) is 1. The van der Waals surface area contributed by atoms with Crippen LogP contribution >= 0.6 is 0 Å². The molecule has 0 fully saturated rings. The number of aryl methyl sites for hydroxylation is 2. The third-order valence-electron chi connectivity index (χ3n) is 4.66. The Bertz CT molecular complexity index is 750. The molecule has 1 atom stereocenters. The fourth-order valence-corrected chi connectivity index (χ4v) is 2.87. The van der Waals surface area contributed by atoms with E-state index in [1.54, 1.807) is 0 Å². The van der Waals surface area contributed by atoms with Gasteiger partial charge in [0.15, 0.2) is 6.10 Å². The van der Waals surface area contributed by atoms with Crippen molar-refractivity contribution in [2.45, 2.75) is 60.0 Å². The quantitative estimate of drug-likeness (QED) is 0.751. The van der Waals surface area contributed by atoms with E-state index in [9.17, 15) is 4.79 Å². The van der Waals surface area contributed by atoms with Crippen LogP contribution in [0.4, 0.5) is 5.69 Å². The number of rotatable bonds is 6. The molecule has 134 valence electrons. The van der Waals surface area contributed by atoms with Gasteiger partial charge in [0.05, 0.1) is 0 Å². The van der Waals surface area contributed by atoms with Gasteiger partial charge >= 0.3 is 0 Å². The number of ether oxygens (including phenoxy) is 1. The van der Waals surface area contributed by atoms with Crippen LogP contribution in [-0.4, -0.2) is 12.0 Å². The molecule has 0 aliphatic heterocycles. The molecule has 0 aromatic heterocycles. The smallest absolute Gasteiger partial charge is 0.265 e. The molecule has 0 heterocycles. The maximum absolute atomic E-state index is 12.8. The minimum atomic E-state index is -0.514. The Morgan fingerprint density at radius 2 is 1.68 bits per heavy atom. The lowest BCUT2D eigenvalue weighted by Crippen LogP contribution is -2.33. The van der Waals surface area contributed by atoms with Crippen LogP contribution < -0.4 is 10.1 Å². The number of carbonyl (C=O) groups is 1. The van der Waals surface area contributed by atoms with E-state index in [2.05, 4.69) is 25.2 Å². The Morgan fingerprint density at radius 1 is 1.04 bits per heavy atom. The van der Waals surface area contributed by atoms with Crippen LogP contribution in [0.3, 0.4) is 0 Å². The Hall–Kier alpha value is -2.29. The molecule has 0 saturated carbocycles. The van der Waals surface area contributed by atoms with Gasteiger partial charge in [-0.15, -0.1) is 0 Å². The van der Waals surface area contributed by atoms with Crippen molar-refractivity contribution in [2.24, 2.45) is 0 Å². The predicted octanol–water partition coefficient (Wildman–Crippen LogP) is 5.53. The fourth-order valence-electron chi connectivity index (χ4n) is 2.87. The first-order chi connectivity index (χ1) is 11.8. The molecule has 0 unspecified atom stereocenters. The third-order valence-corrected chi connectivity index (χ3v) is 4.66. The second kappa shape index (κ2) is 8.19. The zero-order valence-corrected chi connectivity index (χ0v) is 16.1. The number of para-hydroxylation sites is 1. The zero-order chi connectivity index (χ0) is 18.6. The Labute approximate surface area is 151 Å². The Kier molecular flexibility index (Phi) is 6.24. The predicted molar refractivity (Wildman–Crippen MR) is 105 cm³/mol. The van der Waals surface area contributed by atoms with Crippen LogP contribution in [0.2, 0.25) is 0 Å². The number of carbonyl (C=O) groups excluding carboxylic acids is 1. The van der Waals surface area contributed by atoms with Crippen molar-refractivity contribution in [3.63, 3.8) is 0 Å². The van der Waals surface area contributed by atoms with Gasteiger partial charge in [0.1, 0.15) is 5.75 Å². The summed E-state index contributed by atoms with van der Waals surface area (Å²) in [6, 6.07) is 12.1. The number of benzene rings is 2. The number of anilines is 1. The molecular weight excluding hydrogens is 310 g/mol. The molecule has 0 spiro atoms. The molecule has 3 nitrogen and oxygen atoms in total. The molecule has 0 bridgehead atoms. The molecule has 25 heavy (non-hydrogen) atoms. The van der Waals surface area contributed by atoms with Gasteiger partial charge < -0.3 is 10.1 Å². The largest absolute Gasteiger partial charge is 0.480 e. The molecule has 0 aliphatic rings. The maximum atomic E-state index is 12.8. The SMILES string of the molecule is CC[C@H](Oc1cccc(C)c1C)C(=O)Nc1c(C)cccc1C(C)C. The lowest BCUT2D eigenvalue weighted by atomic mass is 9.98. The van der Waals surface area contributed by atoms with Crippen molar-refractivity contribution in [3.8, 4) is 5.75 Å². The molecule has 0 aliphatic carbocycles. The summed E-state index contributed by atoms with van der Waals surface area (Å²) in [6.07, 6.45) is 0.0994. The van der Waals surface area contributed by atoms with Crippen molar-refractivity contribution in [2.75, 3.05) is 5.32 Å². The average molecular weight is 339 g/mol. The van der Waals surface area contributed by atoms with Crippen molar-refractivity contribution in [3.05, 3.63) is 58.7 Å². The topological polar surface area (TPSA) is 38.3 Å². The molecule has 1 amide bonds. The monoisotopic (exact) mass is 339 g/mol. The van der Waals surface area contributed by atoms with Gasteiger partial charge in [-0.3, -0.25) is 4.79 Å². The average Bonchev–Trinajstić information content (AvgIpc) is 2.57. The van der Waals surface area contributed by atoms with Gasteiger partial charge in [-0.05, 0) is 61.4 Å². The molecule has 3 heteroatoms. The van der Waals surface area contributed by atoms with E-state index in [1.807, 2.05) is 58.0 Å². The molecule has 2 aromatic carbocycles. The number of hydrogen-bond acceptors (Lipinski definition) is 2. The van der Waals surface area contributed by atoms with Gasteiger partial charge in [0, 0.05) is 5.69 Å². The highest BCUT2D eigenvalue weighted by molar-refractivity contribution is 5.95. The van der Waals surface area contributed by atoms with Gasteiger partial charge in [-0.1, -0.05) is 51.1 Å². The minimum Gasteiger partial charge on any atom is -0.480 e. The second-order valence-corrected chi connectivity index (χ2v) is 6.90. The first kappa shape index (κ1) is 19.0. The summed E-state index contributed by atoms with van der Waals surface area (Å²) in [7, 11) is 0. The Morgan fingerprint density at radius 3 is 2.32 bits per heavy atom. The molecule has 1 N–H and O–H groups in total. The van der Waals surface area contributed by atoms with Crippen LogP contribution in [0.5, 0.6) is 5.75 Å². The van der Waals surface area contributed by atoms with Crippen molar-refractivity contribution in [1.29, 1.82) is 0 Å². The Balaban J connectivity index is 2.23. The molecular formula is C22H29NO2. The zero-order valence-electron chi connectivity index (χ0n) is 16.1. The van der Waals surface area contributed by atoms with E-state index in [1.165, 1.54) is 0 Å². The van der Waals surface area contributed by atoms with Crippen LogP contribution in [0.25, 0.3) is 0 Å². The van der Waals surface area contributed by atoms with Crippen LogP contribution in [0.15, 0.2) is 36.4 Å². The summed E-state index contributed by atoms with van der Waals surface area (Å²) >= 11 is 0. The summed E-state index contributed by atoms with van der Waals surface area (Å²) in [6.45, 7) is 12.3. The first-order valence-electron chi connectivity index (χ1n) is 8.98. The highest BCUT2D eigenvalue weighted by Crippen LogP contribution is 2.28. The summed E-state index contributed by atoms with van der Waals surface area (Å²) in [5, 5.41) is 3.10. The highest BCUT2D eigenvalue weighted by Gasteiger charge is 2.21. The molecule has 2 rings (SSSR count). The normalized spacial score (nSPS) is 12.1. The minimum absolute atomic E-state index is 0.0976. The van der Waals surface area contributed by atoms with E-state index >= 15 is 0 Å². The first-order valence-corrected chi connectivity index (χ1v) is 8.98. The highest BCUT2D eigenvalue weighted by atomic mass is 16.5. The van der Waals surface area contributed by atoms with Gasteiger partial charge in [-0.2, -0.15) is 0 Å². The van der Waals surface area contributed by atoms with Crippen LogP contribution in [0.1, 0.15) is 55.4 Å². The van der Waals surface area contributed by atoms with E-state index in [4.69, 9.17) is 4.74 Å². The lowest BCUT2D eigenvalue weighted by molar-refractivity contribution is -0.122. The van der Waals surface area contributed by atoms with E-state index in [-0.39, 0.29) is 5.91 Å². The van der Waals surface area contributed by atoms with Gasteiger partial charge in [-0.25, -0.2) is 0 Å². The van der Waals surface area contributed by atoms with Gasteiger partial charge in [0.25, 0.3) is 5.91 Å². The summed E-state index contributed by atoms with van der Waals surface area (Å²) in [4.78, 5) is 12.8. The standard InChI is InChI=1S/C22H29NO2/c1-7-19(25-20-13-9-10-15(4)17(20)6)22(24)23-21-16(5)11-8-12-18(21)14(2)3/h8-14,19H,7H2,1-6H3,(H,23,24)/t19-/m0/s1. The number of hydrogen-bond donors (Lipinski definition) is 1. The van der Waals surface area contributed by atoms with Crippen molar-refractivity contribution < 1.29 is 9.53 Å². The summed E-state index contributed by atoms with van der Waals surface area (Å²) in [5.74, 6) is 1.02. The fraction of sp³-hybridized carbons (Fsp3) is 0.409. The lowest BCUT2D eigenvalue weighted by Gasteiger charge is -2.22. The molecule has 0 radical (unpaired) electrons. The van der Waals surface area contributed by atoms with Crippen molar-refractivity contribution in [1.82, 2.24) is 0 Å². The van der Waals surface area contributed by atoms with E-state index in [0.29, 0.717) is 12.3 Å². The third kappa shape index (κ3) is 4.41. The van der Waals surface area contributed by atoms with Crippen LogP contribution in [0, 0.1) is 20.8 Å². The van der Waals surface area contributed by atoms with Crippen LogP contribution in [-0.2, 0) is 4.79 Å². The molecule has 2 aromatic rings. The van der Waals surface area contributed by atoms with Crippen molar-refractivity contribution >= 4 is 11.6 Å². The summed E-state index contributed by atoms with van der Waals surface area (Å²) < 4.78 is 6.04. The van der Waals surface area contributed by atoms with E-state index in [0.717, 1.165) is 33.7 Å².